The number of fused-ring (bicyclic) bond motifs is 1. The van der Waals surface area contributed by atoms with Crippen LogP contribution < -0.4 is 0 Å². The molecule has 6 heteroatoms. The third-order valence-electron chi connectivity index (χ3n) is 3.33. The summed E-state index contributed by atoms with van der Waals surface area (Å²) in [5.74, 6) is 0.432. The quantitative estimate of drug-likeness (QED) is 0.613. The number of nitrogens with one attached hydrogen (secondary N) is 1. The molecule has 2 heterocycles. The standard InChI is InChI=1S/C15H10FN5/c16-12-3-5-13(6-4-12)21-14-7-10(15-17-9-18-20-15)1-2-11(14)8-19-21/h1-9H,(H,17,18,20). The summed E-state index contributed by atoms with van der Waals surface area (Å²) in [7, 11) is 0. The van der Waals surface area contributed by atoms with Crippen LogP contribution in [-0.4, -0.2) is 25.0 Å². The monoisotopic (exact) mass is 279 g/mol. The fraction of sp³-hybridized carbons (Fsp3) is 0. The van der Waals surface area contributed by atoms with E-state index in [0.29, 0.717) is 5.82 Å². The molecule has 0 saturated heterocycles. The van der Waals surface area contributed by atoms with Gasteiger partial charge in [-0.1, -0.05) is 12.1 Å². The van der Waals surface area contributed by atoms with E-state index >= 15 is 0 Å². The first-order chi connectivity index (χ1) is 10.3. The second-order valence-corrected chi connectivity index (χ2v) is 4.64. The van der Waals surface area contributed by atoms with Crippen molar-refractivity contribution < 1.29 is 4.39 Å². The molecule has 2 aromatic heterocycles. The highest BCUT2D eigenvalue weighted by Gasteiger charge is 2.08. The van der Waals surface area contributed by atoms with Gasteiger partial charge in [0.1, 0.15) is 12.1 Å². The predicted molar refractivity (Wildman–Crippen MR) is 76.4 cm³/mol. The van der Waals surface area contributed by atoms with E-state index in [2.05, 4.69) is 20.3 Å². The third-order valence-corrected chi connectivity index (χ3v) is 3.33. The Bertz CT molecular complexity index is 894. The number of H-pyrrole nitrogens is 1. The fourth-order valence-electron chi connectivity index (χ4n) is 2.30. The minimum Gasteiger partial charge on any atom is -0.259 e. The zero-order valence-corrected chi connectivity index (χ0v) is 10.9. The molecule has 0 unspecified atom stereocenters. The average molecular weight is 279 g/mol. The Hall–Kier alpha value is -3.02. The zero-order valence-electron chi connectivity index (χ0n) is 10.9. The van der Waals surface area contributed by atoms with Gasteiger partial charge in [0.2, 0.25) is 0 Å². The predicted octanol–water partition coefficient (Wildman–Crippen LogP) is 2.95. The van der Waals surface area contributed by atoms with Gasteiger partial charge in [0.15, 0.2) is 5.82 Å². The van der Waals surface area contributed by atoms with Crippen molar-refractivity contribution in [3.8, 4) is 17.1 Å². The highest BCUT2D eigenvalue weighted by Crippen LogP contribution is 2.23. The maximum Gasteiger partial charge on any atom is 0.155 e. The van der Waals surface area contributed by atoms with Crippen LogP contribution >= 0.6 is 0 Å². The van der Waals surface area contributed by atoms with Crippen molar-refractivity contribution in [2.45, 2.75) is 0 Å². The zero-order chi connectivity index (χ0) is 14.2. The first kappa shape index (κ1) is 11.8. The van der Waals surface area contributed by atoms with Gasteiger partial charge >= 0.3 is 0 Å². The number of aromatic nitrogens is 5. The lowest BCUT2D eigenvalue weighted by molar-refractivity contribution is 0.627. The first-order valence-corrected chi connectivity index (χ1v) is 6.41. The van der Waals surface area contributed by atoms with E-state index in [1.807, 2.05) is 18.2 Å². The van der Waals surface area contributed by atoms with Crippen LogP contribution in [0, 0.1) is 5.82 Å². The van der Waals surface area contributed by atoms with Gasteiger partial charge in [0, 0.05) is 10.9 Å². The summed E-state index contributed by atoms with van der Waals surface area (Å²) < 4.78 is 14.8. The van der Waals surface area contributed by atoms with Crippen LogP contribution in [0.25, 0.3) is 28.0 Å². The van der Waals surface area contributed by atoms with E-state index in [1.165, 1.54) is 18.5 Å². The molecular weight excluding hydrogens is 269 g/mol. The van der Waals surface area contributed by atoms with Crippen molar-refractivity contribution >= 4 is 10.9 Å². The number of hydrogen-bond donors (Lipinski definition) is 1. The maximum atomic E-state index is 13.0. The SMILES string of the molecule is Fc1ccc(-n2ncc3ccc(-c4ncn[nH]4)cc32)cc1. The Morgan fingerprint density at radius 2 is 1.90 bits per heavy atom. The van der Waals surface area contributed by atoms with Gasteiger partial charge in [-0.3, -0.25) is 5.10 Å². The lowest BCUT2D eigenvalue weighted by Gasteiger charge is -2.04. The Balaban J connectivity index is 1.90. The molecule has 0 saturated carbocycles. The molecule has 0 spiro atoms. The van der Waals surface area contributed by atoms with Crippen LogP contribution in [0.3, 0.4) is 0 Å². The molecule has 4 aromatic rings. The van der Waals surface area contributed by atoms with Gasteiger partial charge in [-0.05, 0) is 30.3 Å². The molecule has 5 nitrogen and oxygen atoms in total. The molecule has 0 radical (unpaired) electrons. The lowest BCUT2D eigenvalue weighted by Crippen LogP contribution is -1.96. The number of halogens is 1. The molecule has 2 aromatic carbocycles. The Morgan fingerprint density at radius 1 is 1.05 bits per heavy atom. The van der Waals surface area contributed by atoms with Crippen LogP contribution in [0.1, 0.15) is 0 Å². The summed E-state index contributed by atoms with van der Waals surface area (Å²) in [5, 5.41) is 12.1. The van der Waals surface area contributed by atoms with E-state index in [0.717, 1.165) is 22.2 Å². The maximum absolute atomic E-state index is 13.0. The Kier molecular flexibility index (Phi) is 2.53. The Labute approximate surface area is 119 Å². The largest absolute Gasteiger partial charge is 0.259 e. The smallest absolute Gasteiger partial charge is 0.155 e. The average Bonchev–Trinajstić information content (AvgIpc) is 3.17. The molecular formula is C15H10FN5. The topological polar surface area (TPSA) is 59.4 Å². The van der Waals surface area contributed by atoms with Gasteiger partial charge in [-0.15, -0.1) is 0 Å². The summed E-state index contributed by atoms with van der Waals surface area (Å²) in [6.07, 6.45) is 3.25. The Morgan fingerprint density at radius 3 is 2.67 bits per heavy atom. The lowest BCUT2D eigenvalue weighted by atomic mass is 10.1. The summed E-state index contributed by atoms with van der Waals surface area (Å²) in [6, 6.07) is 12.1. The molecule has 21 heavy (non-hydrogen) atoms. The van der Waals surface area contributed by atoms with Gasteiger partial charge in [-0.2, -0.15) is 10.2 Å². The summed E-state index contributed by atoms with van der Waals surface area (Å²) in [4.78, 5) is 4.15. The van der Waals surface area contributed by atoms with Crippen LogP contribution in [0.5, 0.6) is 0 Å². The van der Waals surface area contributed by atoms with Gasteiger partial charge < -0.3 is 0 Å². The van der Waals surface area contributed by atoms with Crippen molar-refractivity contribution in [2.24, 2.45) is 0 Å². The van der Waals surface area contributed by atoms with E-state index in [1.54, 1.807) is 23.0 Å². The molecule has 0 aliphatic rings. The van der Waals surface area contributed by atoms with Crippen molar-refractivity contribution in [3.63, 3.8) is 0 Å². The van der Waals surface area contributed by atoms with Crippen molar-refractivity contribution in [1.82, 2.24) is 25.0 Å². The van der Waals surface area contributed by atoms with Crippen LogP contribution in [-0.2, 0) is 0 Å². The first-order valence-electron chi connectivity index (χ1n) is 6.41. The number of hydrogen-bond acceptors (Lipinski definition) is 3. The number of rotatable bonds is 2. The normalized spacial score (nSPS) is 11.1. The van der Waals surface area contributed by atoms with E-state index in [9.17, 15) is 4.39 Å². The van der Waals surface area contributed by atoms with Gasteiger partial charge in [-0.25, -0.2) is 14.1 Å². The van der Waals surface area contributed by atoms with Gasteiger partial charge in [0.05, 0.1) is 17.4 Å². The second kappa shape index (κ2) is 4.52. The van der Waals surface area contributed by atoms with E-state index in [4.69, 9.17) is 0 Å². The van der Waals surface area contributed by atoms with E-state index < -0.39 is 0 Å². The highest BCUT2D eigenvalue weighted by molar-refractivity contribution is 5.84. The summed E-state index contributed by atoms with van der Waals surface area (Å²) in [6.45, 7) is 0. The molecule has 0 atom stereocenters. The summed E-state index contributed by atoms with van der Waals surface area (Å²) in [5.41, 5.74) is 2.65. The molecule has 102 valence electrons. The van der Waals surface area contributed by atoms with Crippen LogP contribution in [0.2, 0.25) is 0 Å². The highest BCUT2D eigenvalue weighted by atomic mass is 19.1. The van der Waals surface area contributed by atoms with E-state index in [-0.39, 0.29) is 5.82 Å². The second-order valence-electron chi connectivity index (χ2n) is 4.64. The van der Waals surface area contributed by atoms with Crippen molar-refractivity contribution in [3.05, 3.63) is 60.8 Å². The molecule has 0 bridgehead atoms. The minimum atomic E-state index is -0.266. The fourth-order valence-corrected chi connectivity index (χ4v) is 2.30. The minimum absolute atomic E-state index is 0.266. The number of benzene rings is 2. The molecule has 4 rings (SSSR count). The number of nitrogens with zero attached hydrogens (tertiary/aromatic N) is 4. The van der Waals surface area contributed by atoms with Crippen LogP contribution in [0.15, 0.2) is 55.0 Å². The summed E-state index contributed by atoms with van der Waals surface area (Å²) >= 11 is 0. The molecule has 1 N–H and O–H groups in total. The third kappa shape index (κ3) is 1.97. The molecule has 0 amide bonds. The van der Waals surface area contributed by atoms with Crippen LogP contribution in [0.4, 0.5) is 4.39 Å². The number of aromatic amines is 1. The van der Waals surface area contributed by atoms with Crippen molar-refractivity contribution in [1.29, 1.82) is 0 Å². The molecule has 0 aliphatic heterocycles. The van der Waals surface area contributed by atoms with Gasteiger partial charge in [0.25, 0.3) is 0 Å². The molecule has 0 fully saturated rings. The molecule has 0 aliphatic carbocycles. The van der Waals surface area contributed by atoms with Crippen molar-refractivity contribution in [2.75, 3.05) is 0 Å².